The number of sulfonamides is 1. The predicted octanol–water partition coefficient (Wildman–Crippen LogP) is 2.30. The SMILES string of the molecule is CN(C)C(CNS(=O)(=O)c1ccc2c(c1)COC2)c1ccccc1. The first-order chi connectivity index (χ1) is 11.5. The Balaban J connectivity index is 1.76. The summed E-state index contributed by atoms with van der Waals surface area (Å²) in [4.78, 5) is 2.30. The Morgan fingerprint density at radius 1 is 1.08 bits per heavy atom. The molecular weight excluding hydrogens is 324 g/mol. The lowest BCUT2D eigenvalue weighted by Gasteiger charge is -2.25. The van der Waals surface area contributed by atoms with E-state index in [0.717, 1.165) is 16.7 Å². The largest absolute Gasteiger partial charge is 0.372 e. The molecule has 6 heteroatoms. The number of nitrogens with zero attached hydrogens (tertiary/aromatic N) is 1. The molecule has 128 valence electrons. The third-order valence-electron chi connectivity index (χ3n) is 4.28. The smallest absolute Gasteiger partial charge is 0.240 e. The van der Waals surface area contributed by atoms with E-state index in [1.807, 2.05) is 55.4 Å². The monoisotopic (exact) mass is 346 g/mol. The maximum Gasteiger partial charge on any atom is 0.240 e. The third-order valence-corrected chi connectivity index (χ3v) is 5.70. The molecule has 1 aliphatic heterocycles. The molecule has 0 aliphatic carbocycles. The van der Waals surface area contributed by atoms with Crippen molar-refractivity contribution in [2.45, 2.75) is 24.2 Å². The van der Waals surface area contributed by atoms with Gasteiger partial charge >= 0.3 is 0 Å². The molecule has 2 aromatic rings. The zero-order valence-electron chi connectivity index (χ0n) is 13.9. The summed E-state index contributed by atoms with van der Waals surface area (Å²) >= 11 is 0. The van der Waals surface area contributed by atoms with Gasteiger partial charge in [0.1, 0.15) is 0 Å². The minimum absolute atomic E-state index is 0.0289. The summed E-state index contributed by atoms with van der Waals surface area (Å²) in [5, 5.41) is 0. The van der Waals surface area contributed by atoms with Gasteiger partial charge < -0.3 is 9.64 Å². The normalized spacial score (nSPS) is 15.5. The number of benzene rings is 2. The number of rotatable bonds is 6. The van der Waals surface area contributed by atoms with E-state index < -0.39 is 10.0 Å². The van der Waals surface area contributed by atoms with Crippen LogP contribution in [0.2, 0.25) is 0 Å². The van der Waals surface area contributed by atoms with E-state index in [-0.39, 0.29) is 10.9 Å². The van der Waals surface area contributed by atoms with Crippen molar-refractivity contribution in [3.63, 3.8) is 0 Å². The lowest BCUT2D eigenvalue weighted by Crippen LogP contribution is -2.34. The van der Waals surface area contributed by atoms with Crippen LogP contribution < -0.4 is 4.72 Å². The van der Waals surface area contributed by atoms with Gasteiger partial charge in [-0.3, -0.25) is 0 Å². The molecule has 1 aliphatic rings. The van der Waals surface area contributed by atoms with Crippen LogP contribution in [-0.2, 0) is 28.0 Å². The summed E-state index contributed by atoms with van der Waals surface area (Å²) in [6, 6.07) is 15.0. The molecular formula is C18H22N2O3S. The molecule has 0 saturated heterocycles. The van der Waals surface area contributed by atoms with Crippen LogP contribution in [0.15, 0.2) is 53.4 Å². The van der Waals surface area contributed by atoms with E-state index in [1.54, 1.807) is 12.1 Å². The second-order valence-corrected chi connectivity index (χ2v) is 7.93. The van der Waals surface area contributed by atoms with Crippen molar-refractivity contribution in [3.8, 4) is 0 Å². The summed E-state index contributed by atoms with van der Waals surface area (Å²) in [7, 11) is 0.336. The van der Waals surface area contributed by atoms with Gasteiger partial charge in [-0.25, -0.2) is 13.1 Å². The Hall–Kier alpha value is -1.73. The number of ether oxygens (including phenoxy) is 1. The average molecular weight is 346 g/mol. The van der Waals surface area contributed by atoms with Gasteiger partial charge in [0.25, 0.3) is 0 Å². The van der Waals surface area contributed by atoms with Crippen molar-refractivity contribution in [2.75, 3.05) is 20.6 Å². The minimum Gasteiger partial charge on any atom is -0.372 e. The average Bonchev–Trinajstić information content (AvgIpc) is 3.03. The van der Waals surface area contributed by atoms with Gasteiger partial charge in [0.15, 0.2) is 0 Å². The molecule has 0 radical (unpaired) electrons. The van der Waals surface area contributed by atoms with Crippen molar-refractivity contribution in [3.05, 3.63) is 65.2 Å². The summed E-state index contributed by atoms with van der Waals surface area (Å²) < 4.78 is 33.3. The van der Waals surface area contributed by atoms with E-state index in [1.165, 1.54) is 0 Å². The summed E-state index contributed by atoms with van der Waals surface area (Å²) in [5.74, 6) is 0. The molecule has 1 atom stereocenters. The molecule has 1 unspecified atom stereocenters. The van der Waals surface area contributed by atoms with Crippen LogP contribution in [0, 0.1) is 0 Å². The van der Waals surface area contributed by atoms with Crippen LogP contribution in [0.25, 0.3) is 0 Å². The van der Waals surface area contributed by atoms with E-state index in [0.29, 0.717) is 19.8 Å². The lowest BCUT2D eigenvalue weighted by atomic mass is 10.1. The predicted molar refractivity (Wildman–Crippen MR) is 93.0 cm³/mol. The van der Waals surface area contributed by atoms with Crippen LogP contribution in [-0.4, -0.2) is 34.0 Å². The second-order valence-electron chi connectivity index (χ2n) is 6.17. The summed E-state index contributed by atoms with van der Waals surface area (Å²) in [6.45, 7) is 1.34. The Bertz CT molecular complexity index is 804. The zero-order valence-corrected chi connectivity index (χ0v) is 14.7. The van der Waals surface area contributed by atoms with Gasteiger partial charge in [-0.05, 0) is 42.9 Å². The van der Waals surface area contributed by atoms with Crippen LogP contribution >= 0.6 is 0 Å². The van der Waals surface area contributed by atoms with Crippen molar-refractivity contribution < 1.29 is 13.2 Å². The minimum atomic E-state index is -3.55. The third kappa shape index (κ3) is 3.67. The Morgan fingerprint density at radius 3 is 2.50 bits per heavy atom. The molecule has 0 saturated carbocycles. The quantitative estimate of drug-likeness (QED) is 0.872. The molecule has 5 nitrogen and oxygen atoms in total. The van der Waals surface area contributed by atoms with E-state index >= 15 is 0 Å². The number of nitrogens with one attached hydrogen (secondary N) is 1. The number of hydrogen-bond donors (Lipinski definition) is 1. The zero-order chi connectivity index (χ0) is 17.2. The fourth-order valence-corrected chi connectivity index (χ4v) is 3.95. The molecule has 0 aromatic heterocycles. The first-order valence-electron chi connectivity index (χ1n) is 7.88. The van der Waals surface area contributed by atoms with E-state index in [4.69, 9.17) is 4.74 Å². The molecule has 1 N–H and O–H groups in total. The topological polar surface area (TPSA) is 58.6 Å². The Morgan fingerprint density at radius 2 is 1.79 bits per heavy atom. The highest BCUT2D eigenvalue weighted by Gasteiger charge is 2.21. The van der Waals surface area contributed by atoms with Crippen LogP contribution in [0.4, 0.5) is 0 Å². The highest BCUT2D eigenvalue weighted by molar-refractivity contribution is 7.89. The fourth-order valence-electron chi connectivity index (χ4n) is 2.86. The van der Waals surface area contributed by atoms with Gasteiger partial charge in [0, 0.05) is 12.6 Å². The molecule has 24 heavy (non-hydrogen) atoms. The lowest BCUT2D eigenvalue weighted by molar-refractivity contribution is 0.134. The Labute approximate surface area is 143 Å². The van der Waals surface area contributed by atoms with Gasteiger partial charge in [0.2, 0.25) is 10.0 Å². The van der Waals surface area contributed by atoms with Crippen LogP contribution in [0.5, 0.6) is 0 Å². The van der Waals surface area contributed by atoms with Crippen molar-refractivity contribution in [1.82, 2.24) is 9.62 Å². The highest BCUT2D eigenvalue weighted by Crippen LogP contribution is 2.23. The molecule has 0 bridgehead atoms. The Kier molecular flexibility index (Phi) is 5.01. The fraction of sp³-hybridized carbons (Fsp3) is 0.333. The molecule has 0 fully saturated rings. The van der Waals surface area contributed by atoms with Crippen LogP contribution in [0.1, 0.15) is 22.7 Å². The molecule has 2 aromatic carbocycles. The standard InChI is InChI=1S/C18H22N2O3S/c1-20(2)18(14-6-4-3-5-7-14)11-19-24(21,22)17-9-8-15-12-23-13-16(15)10-17/h3-10,18-19H,11-13H2,1-2H3. The van der Waals surface area contributed by atoms with Crippen molar-refractivity contribution in [2.24, 2.45) is 0 Å². The number of fused-ring (bicyclic) bond motifs is 1. The van der Waals surface area contributed by atoms with Gasteiger partial charge in [-0.15, -0.1) is 0 Å². The number of likely N-dealkylation sites (N-methyl/N-ethyl adjacent to an activating group) is 1. The van der Waals surface area contributed by atoms with Crippen molar-refractivity contribution >= 4 is 10.0 Å². The first-order valence-corrected chi connectivity index (χ1v) is 9.36. The maximum absolute atomic E-state index is 12.6. The van der Waals surface area contributed by atoms with Gasteiger partial charge in [-0.2, -0.15) is 0 Å². The van der Waals surface area contributed by atoms with E-state index in [2.05, 4.69) is 4.72 Å². The molecule has 0 amide bonds. The van der Waals surface area contributed by atoms with Gasteiger partial charge in [0.05, 0.1) is 18.1 Å². The molecule has 1 heterocycles. The second kappa shape index (κ2) is 7.03. The van der Waals surface area contributed by atoms with Crippen molar-refractivity contribution in [1.29, 1.82) is 0 Å². The van der Waals surface area contributed by atoms with Gasteiger partial charge in [-0.1, -0.05) is 36.4 Å². The maximum atomic E-state index is 12.6. The summed E-state index contributed by atoms with van der Waals surface area (Å²) in [6.07, 6.45) is 0. The molecule has 3 rings (SSSR count). The van der Waals surface area contributed by atoms with E-state index in [9.17, 15) is 8.42 Å². The summed E-state index contributed by atoms with van der Waals surface area (Å²) in [5.41, 5.74) is 3.09. The molecule has 0 spiro atoms. The van der Waals surface area contributed by atoms with Crippen LogP contribution in [0.3, 0.4) is 0 Å². The first kappa shape index (κ1) is 17.1. The number of hydrogen-bond acceptors (Lipinski definition) is 4. The highest BCUT2D eigenvalue weighted by atomic mass is 32.2.